The summed E-state index contributed by atoms with van der Waals surface area (Å²) in [5.41, 5.74) is 1.99. The van der Waals surface area contributed by atoms with Crippen molar-refractivity contribution in [1.82, 2.24) is 5.16 Å². The zero-order valence-corrected chi connectivity index (χ0v) is 15.2. The molecule has 4 aliphatic rings. The fraction of sp³-hybridized carbons (Fsp3) is 0.682. The highest BCUT2D eigenvalue weighted by molar-refractivity contribution is 5.57. The first-order chi connectivity index (χ1) is 11.9. The summed E-state index contributed by atoms with van der Waals surface area (Å²) >= 11 is 0. The third kappa shape index (κ3) is 1.79. The number of hydrogen-bond donors (Lipinski definition) is 1. The molecular weight excluding hydrogens is 310 g/mol. The fourth-order valence-electron chi connectivity index (χ4n) is 7.14. The molecular formula is C22H27NO2. The van der Waals surface area contributed by atoms with E-state index in [9.17, 15) is 5.11 Å². The van der Waals surface area contributed by atoms with E-state index in [1.165, 1.54) is 12.0 Å². The zero-order valence-electron chi connectivity index (χ0n) is 15.2. The minimum Gasteiger partial charge on any atom is -0.377 e. The van der Waals surface area contributed by atoms with Gasteiger partial charge in [0, 0.05) is 11.0 Å². The van der Waals surface area contributed by atoms with Crippen molar-refractivity contribution < 1.29 is 9.63 Å². The Morgan fingerprint density at radius 1 is 1.24 bits per heavy atom. The van der Waals surface area contributed by atoms with E-state index in [0.29, 0.717) is 17.8 Å². The topological polar surface area (TPSA) is 46.3 Å². The molecule has 1 N–H and O–H groups in total. The van der Waals surface area contributed by atoms with Gasteiger partial charge in [0.05, 0.1) is 6.20 Å². The molecule has 0 aliphatic heterocycles. The number of aromatic nitrogens is 1. The Morgan fingerprint density at radius 3 is 2.84 bits per heavy atom. The molecule has 1 aromatic heterocycles. The van der Waals surface area contributed by atoms with Crippen LogP contribution in [0, 0.1) is 40.9 Å². The molecule has 3 heteroatoms. The van der Waals surface area contributed by atoms with Gasteiger partial charge in [-0.15, -0.1) is 6.42 Å². The van der Waals surface area contributed by atoms with Crippen LogP contribution in [0.4, 0.5) is 0 Å². The van der Waals surface area contributed by atoms with Gasteiger partial charge in [-0.3, -0.25) is 0 Å². The van der Waals surface area contributed by atoms with Gasteiger partial charge >= 0.3 is 0 Å². The maximum atomic E-state index is 11.1. The van der Waals surface area contributed by atoms with E-state index in [1.54, 1.807) is 5.57 Å². The quantitative estimate of drug-likeness (QED) is 0.721. The third-order valence-electron chi connectivity index (χ3n) is 8.67. The average Bonchev–Trinajstić information content (AvgIpc) is 3.14. The van der Waals surface area contributed by atoms with Crippen molar-refractivity contribution in [2.75, 3.05) is 0 Å². The van der Waals surface area contributed by atoms with Crippen LogP contribution in [0.15, 0.2) is 16.3 Å². The maximum Gasteiger partial charge on any atom is 0.162 e. The molecule has 6 atom stereocenters. The van der Waals surface area contributed by atoms with Gasteiger partial charge in [0.1, 0.15) is 5.60 Å². The molecule has 132 valence electrons. The first kappa shape index (κ1) is 15.7. The van der Waals surface area contributed by atoms with Gasteiger partial charge in [0.2, 0.25) is 0 Å². The zero-order chi connectivity index (χ0) is 17.4. The minimum atomic E-state index is -0.909. The lowest BCUT2D eigenvalue weighted by atomic mass is 9.46. The Bertz CT molecular complexity index is 801. The van der Waals surface area contributed by atoms with Gasteiger partial charge in [-0.05, 0) is 74.2 Å². The molecule has 3 nitrogen and oxygen atoms in total. The van der Waals surface area contributed by atoms with E-state index in [4.69, 9.17) is 10.9 Å². The normalized spacial score (nSPS) is 47.8. The lowest BCUT2D eigenvalue weighted by Gasteiger charge is -2.58. The highest BCUT2D eigenvalue weighted by atomic mass is 16.5. The van der Waals surface area contributed by atoms with Crippen LogP contribution in [-0.4, -0.2) is 15.9 Å². The van der Waals surface area contributed by atoms with Crippen LogP contribution in [-0.2, 0) is 6.42 Å². The summed E-state index contributed by atoms with van der Waals surface area (Å²) in [6.45, 7) is 4.71. The summed E-state index contributed by atoms with van der Waals surface area (Å²) < 4.78 is 5.43. The second-order valence-corrected chi connectivity index (χ2v) is 9.39. The largest absolute Gasteiger partial charge is 0.377 e. The smallest absolute Gasteiger partial charge is 0.162 e. The number of hydrogen-bond acceptors (Lipinski definition) is 3. The van der Waals surface area contributed by atoms with E-state index in [1.807, 2.05) is 6.20 Å². The number of allylic oxidation sites excluding steroid dienone is 1. The number of fused-ring (bicyclic) bond motifs is 6. The van der Waals surface area contributed by atoms with Crippen molar-refractivity contribution in [2.24, 2.45) is 28.6 Å². The van der Waals surface area contributed by atoms with Gasteiger partial charge in [0.15, 0.2) is 5.76 Å². The Labute approximate surface area is 149 Å². The van der Waals surface area contributed by atoms with Gasteiger partial charge in [-0.1, -0.05) is 30.5 Å². The Kier molecular flexibility index (Phi) is 3.01. The van der Waals surface area contributed by atoms with Crippen molar-refractivity contribution in [1.29, 1.82) is 0 Å². The van der Waals surface area contributed by atoms with Crippen LogP contribution in [0.1, 0.15) is 63.7 Å². The maximum absolute atomic E-state index is 11.1. The van der Waals surface area contributed by atoms with E-state index in [0.717, 1.165) is 44.3 Å². The predicted molar refractivity (Wildman–Crippen MR) is 96.4 cm³/mol. The summed E-state index contributed by atoms with van der Waals surface area (Å²) in [7, 11) is 0. The molecule has 3 saturated carbocycles. The van der Waals surface area contributed by atoms with Crippen molar-refractivity contribution in [2.45, 2.75) is 64.4 Å². The molecule has 0 spiro atoms. The van der Waals surface area contributed by atoms with Crippen molar-refractivity contribution in [3.8, 4) is 12.3 Å². The third-order valence-corrected chi connectivity index (χ3v) is 8.67. The molecule has 3 fully saturated rings. The number of terminal acetylenes is 1. The molecule has 4 aliphatic carbocycles. The van der Waals surface area contributed by atoms with Crippen LogP contribution in [0.5, 0.6) is 0 Å². The number of rotatable bonds is 0. The van der Waals surface area contributed by atoms with E-state index >= 15 is 0 Å². The molecule has 0 radical (unpaired) electrons. The lowest BCUT2D eigenvalue weighted by molar-refractivity contribution is -0.0975. The first-order valence-corrected chi connectivity index (χ1v) is 9.76. The van der Waals surface area contributed by atoms with Crippen LogP contribution in [0.25, 0.3) is 6.08 Å². The molecule has 25 heavy (non-hydrogen) atoms. The fourth-order valence-corrected chi connectivity index (χ4v) is 7.14. The Balaban J connectivity index is 1.53. The van der Waals surface area contributed by atoms with Crippen molar-refractivity contribution in [3.63, 3.8) is 0 Å². The summed E-state index contributed by atoms with van der Waals surface area (Å²) in [5.74, 6) is 5.64. The van der Waals surface area contributed by atoms with Gasteiger partial charge in [-0.2, -0.15) is 0 Å². The van der Waals surface area contributed by atoms with E-state index < -0.39 is 5.60 Å². The summed E-state index contributed by atoms with van der Waals surface area (Å²) in [4.78, 5) is 0. The SMILES string of the molecule is C#C[C@]1(O)CC[C@H]2[C@H]3CCC4=Cc5oncc5C[C@]4(C)[C@H]3CC[C@@]21C. The monoisotopic (exact) mass is 337 g/mol. The van der Waals surface area contributed by atoms with Gasteiger partial charge < -0.3 is 9.63 Å². The van der Waals surface area contributed by atoms with Crippen LogP contribution in [0.3, 0.4) is 0 Å². The minimum absolute atomic E-state index is 0.114. The summed E-state index contributed by atoms with van der Waals surface area (Å²) in [6, 6.07) is 0. The molecule has 0 saturated heterocycles. The standard InChI is InChI=1S/C22H27NO2/c1-4-22(24)10-8-18-16-6-5-15-11-19-14(13-23-25-19)12-20(15,2)17(16)7-9-21(18,22)3/h1,11,13,16-18,24H,5-10,12H2,2-3H3/t16-,17-,18-,20-,21-,22-/m0/s1. The molecule has 0 aromatic carbocycles. The number of aliphatic hydroxyl groups is 1. The Morgan fingerprint density at radius 2 is 2.04 bits per heavy atom. The van der Waals surface area contributed by atoms with Crippen LogP contribution >= 0.6 is 0 Å². The highest BCUT2D eigenvalue weighted by Crippen LogP contribution is 2.67. The predicted octanol–water partition coefficient (Wildman–Crippen LogP) is 4.22. The van der Waals surface area contributed by atoms with E-state index in [2.05, 4.69) is 31.0 Å². The Hall–Kier alpha value is -1.53. The van der Waals surface area contributed by atoms with Gasteiger partial charge in [0.25, 0.3) is 0 Å². The summed E-state index contributed by atoms with van der Waals surface area (Å²) in [6.07, 6.45) is 17.4. The molecule has 0 amide bonds. The number of nitrogens with zero attached hydrogens (tertiary/aromatic N) is 1. The van der Waals surface area contributed by atoms with Crippen LogP contribution < -0.4 is 0 Å². The van der Waals surface area contributed by atoms with Crippen molar-refractivity contribution in [3.05, 3.63) is 23.1 Å². The molecule has 5 rings (SSSR count). The second kappa shape index (κ2) is 4.80. The highest BCUT2D eigenvalue weighted by Gasteiger charge is 2.63. The molecule has 1 aromatic rings. The summed E-state index contributed by atoms with van der Waals surface area (Å²) in [5, 5.41) is 15.1. The molecule has 0 unspecified atom stereocenters. The first-order valence-electron chi connectivity index (χ1n) is 9.76. The average molecular weight is 337 g/mol. The second-order valence-electron chi connectivity index (χ2n) is 9.39. The van der Waals surface area contributed by atoms with E-state index in [-0.39, 0.29) is 10.8 Å². The molecule has 0 bridgehead atoms. The lowest BCUT2D eigenvalue weighted by Crippen LogP contribution is -2.54. The van der Waals surface area contributed by atoms with Gasteiger partial charge in [-0.25, -0.2) is 0 Å². The molecule has 1 heterocycles. The van der Waals surface area contributed by atoms with Crippen molar-refractivity contribution >= 4 is 6.08 Å². The van der Waals surface area contributed by atoms with Crippen LogP contribution in [0.2, 0.25) is 0 Å².